The molecule has 0 bridgehead atoms. The topological polar surface area (TPSA) is 131 Å². The average molecular weight is 504 g/mol. The smallest absolute Gasteiger partial charge is 0.319 e. The number of nitro benzene ring substituents is 1. The third-order valence-electron chi connectivity index (χ3n) is 5.66. The van der Waals surface area contributed by atoms with E-state index in [-0.39, 0.29) is 28.5 Å². The summed E-state index contributed by atoms with van der Waals surface area (Å²) in [5.74, 6) is -1.45. The van der Waals surface area contributed by atoms with Crippen molar-refractivity contribution in [3.05, 3.63) is 77.7 Å². The predicted octanol–water partition coefficient (Wildman–Crippen LogP) is 4.17. The van der Waals surface area contributed by atoms with Gasteiger partial charge in [0, 0.05) is 51.4 Å². The van der Waals surface area contributed by atoms with Gasteiger partial charge < -0.3 is 15.0 Å². The summed E-state index contributed by atoms with van der Waals surface area (Å²) in [6, 6.07) is 10.5. The van der Waals surface area contributed by atoms with Gasteiger partial charge in [-0.25, -0.2) is 0 Å². The number of thioether (sulfide) groups is 1. The fraction of sp³-hybridized carbons (Fsp3) is 0.190. The van der Waals surface area contributed by atoms with Gasteiger partial charge in [-0.15, -0.1) is 11.8 Å². The minimum atomic E-state index is -1.35. The monoisotopic (exact) mass is 503 g/mol. The molecule has 0 saturated heterocycles. The van der Waals surface area contributed by atoms with Crippen LogP contribution in [0.15, 0.2) is 52.3 Å². The molecule has 3 heterocycles. The molecule has 2 N–H and O–H groups in total. The Morgan fingerprint density at radius 3 is 2.76 bits per heavy atom. The molecule has 1 aromatic heterocycles. The van der Waals surface area contributed by atoms with Gasteiger partial charge >= 0.3 is 10.8 Å². The summed E-state index contributed by atoms with van der Waals surface area (Å²) in [4.78, 5) is 52.4. The van der Waals surface area contributed by atoms with Gasteiger partial charge in [0.25, 0.3) is 5.69 Å². The second-order valence-electron chi connectivity index (χ2n) is 7.69. The summed E-state index contributed by atoms with van der Waals surface area (Å²) >= 11 is 8.08. The molecule has 2 aromatic carbocycles. The molecular weight excluding hydrogens is 490 g/mol. The number of carbonyl (C=O) groups is 2. The number of nitro groups is 1. The van der Waals surface area contributed by atoms with Crippen LogP contribution in [0.3, 0.4) is 0 Å². The second kappa shape index (κ2) is 8.01. The van der Waals surface area contributed by atoms with E-state index in [4.69, 9.17) is 16.3 Å². The minimum absolute atomic E-state index is 0.159. The highest BCUT2D eigenvalue weighted by atomic mass is 35.5. The van der Waals surface area contributed by atoms with Gasteiger partial charge in [-0.1, -0.05) is 22.9 Å². The standard InChI is InChI=1S/C21H14ClN3O6S2/c22-10-1-3-11(4-2-10)23-15(26)8-21-9-32-18-17(33-20(28)24-18)16(21)13-7-12(25(29)30)5-6-14(13)31-19(21)27/h1-7,16H,8-9H2,(H,23,26)(H,24,28)/t16-,21+/m1/s1. The van der Waals surface area contributed by atoms with Crippen LogP contribution in [0.4, 0.5) is 11.4 Å². The summed E-state index contributed by atoms with van der Waals surface area (Å²) in [5.41, 5.74) is -0.608. The molecule has 12 heteroatoms. The van der Waals surface area contributed by atoms with Crippen molar-refractivity contribution in [1.29, 1.82) is 0 Å². The van der Waals surface area contributed by atoms with Gasteiger partial charge in [-0.05, 0) is 30.3 Å². The predicted molar refractivity (Wildman–Crippen MR) is 123 cm³/mol. The minimum Gasteiger partial charge on any atom is -0.426 e. The Morgan fingerprint density at radius 1 is 1.27 bits per heavy atom. The van der Waals surface area contributed by atoms with Gasteiger partial charge in [0.15, 0.2) is 0 Å². The Balaban J connectivity index is 1.60. The zero-order valence-electron chi connectivity index (χ0n) is 16.6. The number of amides is 1. The molecule has 168 valence electrons. The number of H-pyrrole nitrogens is 1. The number of non-ortho nitro benzene ring substituents is 1. The number of rotatable bonds is 4. The first-order valence-corrected chi connectivity index (χ1v) is 11.9. The number of hydrogen-bond acceptors (Lipinski definition) is 8. The van der Waals surface area contributed by atoms with Crippen LogP contribution in [0.2, 0.25) is 5.02 Å². The van der Waals surface area contributed by atoms with Crippen LogP contribution in [-0.4, -0.2) is 27.5 Å². The Hall–Kier alpha value is -3.15. The molecule has 2 aliphatic heterocycles. The van der Waals surface area contributed by atoms with Crippen LogP contribution in [-0.2, 0) is 9.59 Å². The summed E-state index contributed by atoms with van der Waals surface area (Å²) in [7, 11) is 0. The van der Waals surface area contributed by atoms with E-state index in [2.05, 4.69) is 10.3 Å². The molecule has 3 aromatic rings. The SMILES string of the molecule is O=C(C[C@]12CSc3[nH]c(=O)sc3[C@H]1c1cc([N+](=O)[O-])ccc1OC2=O)Nc1ccc(Cl)cc1. The highest BCUT2D eigenvalue weighted by molar-refractivity contribution is 7.99. The molecule has 2 aliphatic rings. The van der Waals surface area contributed by atoms with E-state index in [1.807, 2.05) is 0 Å². The lowest BCUT2D eigenvalue weighted by atomic mass is 9.68. The normalized spacial score (nSPS) is 20.8. The van der Waals surface area contributed by atoms with Crippen molar-refractivity contribution in [1.82, 2.24) is 4.98 Å². The van der Waals surface area contributed by atoms with Gasteiger partial charge in [0.1, 0.15) is 5.75 Å². The van der Waals surface area contributed by atoms with Gasteiger partial charge in [0.2, 0.25) is 5.91 Å². The fourth-order valence-corrected chi connectivity index (χ4v) is 6.87. The van der Waals surface area contributed by atoms with E-state index < -0.39 is 28.1 Å². The Morgan fingerprint density at radius 2 is 2.03 bits per heavy atom. The maximum Gasteiger partial charge on any atom is 0.319 e. The number of aromatic amines is 1. The summed E-state index contributed by atoms with van der Waals surface area (Å²) in [5, 5.41) is 15.3. The lowest BCUT2D eigenvalue weighted by molar-refractivity contribution is -0.385. The molecule has 0 unspecified atom stereocenters. The third-order valence-corrected chi connectivity index (χ3v) is 8.26. The maximum atomic E-state index is 13.3. The average Bonchev–Trinajstić information content (AvgIpc) is 3.15. The first kappa shape index (κ1) is 21.7. The number of fused-ring (bicyclic) bond motifs is 5. The van der Waals surface area contributed by atoms with Crippen LogP contribution < -0.4 is 14.9 Å². The molecule has 33 heavy (non-hydrogen) atoms. The van der Waals surface area contributed by atoms with Crippen molar-refractivity contribution < 1.29 is 19.2 Å². The first-order valence-electron chi connectivity index (χ1n) is 9.69. The number of nitrogens with zero attached hydrogens (tertiary/aromatic N) is 1. The van der Waals surface area contributed by atoms with Crippen molar-refractivity contribution in [2.24, 2.45) is 5.41 Å². The van der Waals surface area contributed by atoms with E-state index in [0.29, 0.717) is 26.2 Å². The van der Waals surface area contributed by atoms with Crippen LogP contribution in [0.5, 0.6) is 5.75 Å². The Kier molecular flexibility index (Phi) is 5.26. The van der Waals surface area contributed by atoms with Crippen molar-refractivity contribution in [3.63, 3.8) is 0 Å². The number of anilines is 1. The van der Waals surface area contributed by atoms with Crippen molar-refractivity contribution in [3.8, 4) is 5.75 Å². The lowest BCUT2D eigenvalue weighted by Gasteiger charge is -2.44. The Bertz CT molecular complexity index is 1370. The molecule has 0 aliphatic carbocycles. The van der Waals surface area contributed by atoms with Gasteiger partial charge in [-0.3, -0.25) is 24.5 Å². The third kappa shape index (κ3) is 3.71. The number of ether oxygens (including phenoxy) is 1. The van der Waals surface area contributed by atoms with E-state index >= 15 is 0 Å². The van der Waals surface area contributed by atoms with Crippen molar-refractivity contribution in [2.45, 2.75) is 17.4 Å². The van der Waals surface area contributed by atoms with E-state index in [1.54, 1.807) is 24.3 Å². The lowest BCUT2D eigenvalue weighted by Crippen LogP contribution is -2.49. The number of aromatic nitrogens is 1. The number of hydrogen-bond donors (Lipinski definition) is 2. The fourth-order valence-electron chi connectivity index (χ4n) is 4.19. The largest absolute Gasteiger partial charge is 0.426 e. The zero-order chi connectivity index (χ0) is 23.3. The van der Waals surface area contributed by atoms with E-state index in [9.17, 15) is 24.5 Å². The summed E-state index contributed by atoms with van der Waals surface area (Å²) < 4.78 is 5.57. The quantitative estimate of drug-likeness (QED) is 0.236. The number of esters is 1. The van der Waals surface area contributed by atoms with Gasteiger partial charge in [0.05, 0.1) is 15.4 Å². The van der Waals surface area contributed by atoms with Crippen molar-refractivity contribution >= 4 is 58.0 Å². The van der Waals surface area contributed by atoms with Crippen LogP contribution in [0, 0.1) is 15.5 Å². The first-order chi connectivity index (χ1) is 15.8. The van der Waals surface area contributed by atoms with Crippen LogP contribution >= 0.6 is 34.7 Å². The van der Waals surface area contributed by atoms with Crippen molar-refractivity contribution in [2.75, 3.05) is 11.1 Å². The van der Waals surface area contributed by atoms with Crippen LogP contribution in [0.25, 0.3) is 0 Å². The molecule has 2 atom stereocenters. The van der Waals surface area contributed by atoms with Gasteiger partial charge in [-0.2, -0.15) is 0 Å². The molecule has 0 fully saturated rings. The summed E-state index contributed by atoms with van der Waals surface area (Å²) in [6.07, 6.45) is -0.236. The number of carbonyl (C=O) groups excluding carboxylic acids is 2. The molecule has 0 saturated carbocycles. The number of benzene rings is 2. The van der Waals surface area contributed by atoms with E-state index in [0.717, 1.165) is 11.3 Å². The highest BCUT2D eigenvalue weighted by Gasteiger charge is 2.57. The molecule has 9 nitrogen and oxygen atoms in total. The van der Waals surface area contributed by atoms with E-state index in [1.165, 1.54) is 30.0 Å². The molecule has 5 rings (SSSR count). The second-order valence-corrected chi connectivity index (χ2v) is 10.1. The molecule has 1 amide bonds. The highest BCUT2D eigenvalue weighted by Crippen LogP contribution is 2.58. The summed E-state index contributed by atoms with van der Waals surface area (Å²) in [6.45, 7) is 0. The zero-order valence-corrected chi connectivity index (χ0v) is 19.0. The number of nitrogens with one attached hydrogen (secondary N) is 2. The number of halogens is 1. The molecular formula is C21H14ClN3O6S2. The Labute approximate surface area is 199 Å². The molecule has 0 radical (unpaired) electrons. The molecule has 0 spiro atoms. The maximum absolute atomic E-state index is 13.3. The number of thiazole rings is 1. The van der Waals surface area contributed by atoms with Crippen LogP contribution in [0.1, 0.15) is 22.8 Å².